The van der Waals surface area contributed by atoms with Crippen molar-refractivity contribution >= 4 is 38.8 Å². The van der Waals surface area contributed by atoms with Gasteiger partial charge in [0.1, 0.15) is 22.3 Å². The van der Waals surface area contributed by atoms with Gasteiger partial charge in [-0.1, -0.05) is 0 Å². The molecule has 0 bridgehead atoms. The third kappa shape index (κ3) is 3.01. The van der Waals surface area contributed by atoms with E-state index in [-0.39, 0.29) is 0 Å². The third-order valence-electron chi connectivity index (χ3n) is 3.54. The molecule has 0 amide bonds. The van der Waals surface area contributed by atoms with Gasteiger partial charge in [-0.3, -0.25) is 0 Å². The van der Waals surface area contributed by atoms with Crippen molar-refractivity contribution in [2.45, 2.75) is 44.0 Å². The standard InChI is InChI=1S/C15H17BrFN3OS/c1-14(2,3)22(21)18-7-11-9-20-8-10(15(17)4-5-15)6-12(16)13(20)19-11/h6-9H,4-5H2,1-3H3. The summed E-state index contributed by atoms with van der Waals surface area (Å²) in [6, 6.07) is 1.78. The Hall–Kier alpha value is -1.08. The number of pyridine rings is 1. The van der Waals surface area contributed by atoms with Crippen LogP contribution in [0.1, 0.15) is 44.9 Å². The number of fused-ring (bicyclic) bond motifs is 1. The Bertz CT molecular complexity index is 790. The number of imidazole rings is 1. The molecule has 2 heterocycles. The van der Waals surface area contributed by atoms with E-state index < -0.39 is 21.4 Å². The van der Waals surface area contributed by atoms with Crippen LogP contribution in [-0.2, 0) is 16.7 Å². The third-order valence-corrected chi connectivity index (χ3v) is 5.46. The molecule has 1 aliphatic rings. The van der Waals surface area contributed by atoms with E-state index in [1.807, 2.05) is 20.8 Å². The minimum absolute atomic E-state index is 0.407. The highest BCUT2D eigenvalue weighted by Gasteiger charge is 2.45. The number of halogens is 2. The molecule has 0 N–H and O–H groups in total. The van der Waals surface area contributed by atoms with Gasteiger partial charge in [0.2, 0.25) is 0 Å². The molecule has 22 heavy (non-hydrogen) atoms. The second-order valence-corrected chi connectivity index (χ2v) is 9.32. The Labute approximate surface area is 139 Å². The number of aromatic nitrogens is 2. The van der Waals surface area contributed by atoms with Crippen LogP contribution in [0.5, 0.6) is 0 Å². The first-order chi connectivity index (χ1) is 10.2. The minimum Gasteiger partial charge on any atom is -0.305 e. The summed E-state index contributed by atoms with van der Waals surface area (Å²) in [5.41, 5.74) is 0.754. The van der Waals surface area contributed by atoms with Crippen molar-refractivity contribution in [1.82, 2.24) is 9.38 Å². The predicted molar refractivity (Wildman–Crippen MR) is 90.4 cm³/mol. The smallest absolute Gasteiger partial charge is 0.151 e. The summed E-state index contributed by atoms with van der Waals surface area (Å²) < 4.78 is 32.3. The van der Waals surface area contributed by atoms with Crippen molar-refractivity contribution in [3.05, 3.63) is 34.2 Å². The molecule has 0 saturated heterocycles. The molecule has 118 valence electrons. The van der Waals surface area contributed by atoms with Gasteiger partial charge in [0.15, 0.2) is 5.65 Å². The maximum Gasteiger partial charge on any atom is 0.151 e. The van der Waals surface area contributed by atoms with Crippen LogP contribution in [0.2, 0.25) is 0 Å². The predicted octanol–water partition coefficient (Wildman–Crippen LogP) is 3.94. The van der Waals surface area contributed by atoms with Crippen LogP contribution in [0.3, 0.4) is 0 Å². The molecule has 1 unspecified atom stereocenters. The van der Waals surface area contributed by atoms with Crippen LogP contribution in [-0.4, -0.2) is 24.6 Å². The van der Waals surface area contributed by atoms with Gasteiger partial charge < -0.3 is 4.40 Å². The lowest BCUT2D eigenvalue weighted by Gasteiger charge is -2.12. The van der Waals surface area contributed by atoms with Gasteiger partial charge in [0.25, 0.3) is 0 Å². The van der Waals surface area contributed by atoms with E-state index in [1.54, 1.807) is 22.9 Å². The quantitative estimate of drug-likeness (QED) is 0.751. The van der Waals surface area contributed by atoms with Crippen molar-refractivity contribution < 1.29 is 8.60 Å². The molecule has 0 aromatic carbocycles. The van der Waals surface area contributed by atoms with E-state index in [4.69, 9.17) is 0 Å². The molecule has 2 aromatic heterocycles. The lowest BCUT2D eigenvalue weighted by molar-refractivity contribution is 0.316. The zero-order valence-electron chi connectivity index (χ0n) is 12.6. The van der Waals surface area contributed by atoms with E-state index >= 15 is 0 Å². The Morgan fingerprint density at radius 1 is 1.45 bits per heavy atom. The molecular formula is C15H17BrFN3OS. The van der Waals surface area contributed by atoms with Gasteiger partial charge in [-0.2, -0.15) is 4.40 Å². The molecular weight excluding hydrogens is 369 g/mol. The van der Waals surface area contributed by atoms with E-state index in [0.29, 0.717) is 29.7 Å². The number of hydrogen-bond acceptors (Lipinski definition) is 2. The van der Waals surface area contributed by atoms with E-state index in [9.17, 15) is 8.60 Å². The summed E-state index contributed by atoms with van der Waals surface area (Å²) in [5.74, 6) is 0. The van der Waals surface area contributed by atoms with Gasteiger partial charge in [0, 0.05) is 18.0 Å². The monoisotopic (exact) mass is 385 g/mol. The first-order valence-corrected chi connectivity index (χ1v) is 8.93. The Morgan fingerprint density at radius 2 is 2.14 bits per heavy atom. The summed E-state index contributed by atoms with van der Waals surface area (Å²) in [6.45, 7) is 5.59. The van der Waals surface area contributed by atoms with Crippen LogP contribution in [0.25, 0.3) is 5.65 Å². The summed E-state index contributed by atoms with van der Waals surface area (Å²) in [7, 11) is -1.32. The molecule has 2 aromatic rings. The molecule has 0 spiro atoms. The number of nitrogens with zero attached hydrogens (tertiary/aromatic N) is 3. The molecule has 1 aliphatic carbocycles. The molecule has 1 atom stereocenters. The van der Waals surface area contributed by atoms with Crippen molar-refractivity contribution in [3.8, 4) is 0 Å². The van der Waals surface area contributed by atoms with E-state index in [1.165, 1.54) is 6.21 Å². The molecule has 3 rings (SSSR count). The van der Waals surface area contributed by atoms with Crippen LogP contribution < -0.4 is 0 Å². The van der Waals surface area contributed by atoms with Gasteiger partial charge in [-0.05, 0) is 55.6 Å². The fraction of sp³-hybridized carbons (Fsp3) is 0.467. The molecule has 1 fully saturated rings. The fourth-order valence-electron chi connectivity index (χ4n) is 2.04. The molecule has 0 aliphatic heterocycles. The molecule has 0 radical (unpaired) electrons. The first kappa shape index (κ1) is 15.8. The lowest BCUT2D eigenvalue weighted by Crippen LogP contribution is -2.19. The molecule has 4 nitrogen and oxygen atoms in total. The highest BCUT2D eigenvalue weighted by molar-refractivity contribution is 9.10. The number of rotatable bonds is 3. The van der Waals surface area contributed by atoms with Crippen LogP contribution in [0, 0.1) is 0 Å². The molecule has 1 saturated carbocycles. The summed E-state index contributed by atoms with van der Waals surface area (Å²) in [6.07, 6.45) is 6.16. The van der Waals surface area contributed by atoms with Crippen molar-refractivity contribution in [3.63, 3.8) is 0 Å². The SMILES string of the molecule is CC(C)(C)S(=O)N=Cc1cn2cc(C3(F)CC3)cc(Br)c2n1. The zero-order valence-corrected chi connectivity index (χ0v) is 15.0. The van der Waals surface area contributed by atoms with E-state index in [2.05, 4.69) is 25.3 Å². The zero-order chi connectivity index (χ0) is 16.1. The Kier molecular flexibility index (Phi) is 3.76. The van der Waals surface area contributed by atoms with Crippen molar-refractivity contribution in [2.24, 2.45) is 4.40 Å². The average molecular weight is 386 g/mol. The maximum atomic E-state index is 14.2. The van der Waals surface area contributed by atoms with Gasteiger partial charge in [0.05, 0.1) is 15.4 Å². The summed E-state index contributed by atoms with van der Waals surface area (Å²) in [4.78, 5) is 4.42. The van der Waals surface area contributed by atoms with Crippen molar-refractivity contribution in [1.29, 1.82) is 0 Å². The highest BCUT2D eigenvalue weighted by Crippen LogP contribution is 2.50. The second-order valence-electron chi connectivity index (χ2n) is 6.53. The Balaban J connectivity index is 1.95. The topological polar surface area (TPSA) is 46.7 Å². The average Bonchev–Trinajstić information content (AvgIpc) is 3.03. The largest absolute Gasteiger partial charge is 0.305 e. The maximum absolute atomic E-state index is 14.2. The van der Waals surface area contributed by atoms with E-state index in [0.717, 1.165) is 4.47 Å². The number of alkyl halides is 1. The summed E-state index contributed by atoms with van der Waals surface area (Å²) >= 11 is 3.44. The number of hydrogen-bond donors (Lipinski definition) is 0. The lowest BCUT2D eigenvalue weighted by atomic mass is 10.1. The minimum atomic E-state index is -1.32. The molecule has 7 heteroatoms. The Morgan fingerprint density at radius 3 is 2.73 bits per heavy atom. The van der Waals surface area contributed by atoms with Gasteiger partial charge >= 0.3 is 0 Å². The van der Waals surface area contributed by atoms with Gasteiger partial charge in [-0.25, -0.2) is 13.6 Å². The first-order valence-electron chi connectivity index (χ1n) is 7.03. The normalized spacial score (nSPS) is 19.0. The van der Waals surface area contributed by atoms with Crippen LogP contribution >= 0.6 is 15.9 Å². The van der Waals surface area contributed by atoms with Crippen molar-refractivity contribution in [2.75, 3.05) is 0 Å². The van der Waals surface area contributed by atoms with Gasteiger partial charge in [-0.15, -0.1) is 0 Å². The highest BCUT2D eigenvalue weighted by atomic mass is 79.9. The summed E-state index contributed by atoms with van der Waals surface area (Å²) in [5, 5.41) is 0. The second kappa shape index (κ2) is 5.23. The fourth-order valence-corrected chi connectivity index (χ4v) is 3.10. The van der Waals surface area contributed by atoms with Crippen LogP contribution in [0.15, 0.2) is 27.3 Å². The van der Waals surface area contributed by atoms with Crippen LogP contribution in [0.4, 0.5) is 4.39 Å².